The van der Waals surface area contributed by atoms with Crippen LogP contribution in [0.15, 0.2) is 45.6 Å². The summed E-state index contributed by atoms with van der Waals surface area (Å²) in [7, 11) is 0. The fourth-order valence-corrected chi connectivity index (χ4v) is 2.85. The highest BCUT2D eigenvalue weighted by atomic mass is 35.5. The van der Waals surface area contributed by atoms with Crippen molar-refractivity contribution in [1.29, 1.82) is 0 Å². The number of hydrogen-bond donors (Lipinski definition) is 0. The number of aryl methyl sites for hydroxylation is 1. The van der Waals surface area contributed by atoms with Crippen LogP contribution >= 0.6 is 23.2 Å². The molecule has 0 amide bonds. The highest BCUT2D eigenvalue weighted by Gasteiger charge is 2.19. The summed E-state index contributed by atoms with van der Waals surface area (Å²) in [5.74, 6) is -0.0164. The van der Waals surface area contributed by atoms with Crippen molar-refractivity contribution >= 4 is 39.9 Å². The number of nitrogens with zero attached hydrogens (tertiary/aromatic N) is 1. The molecule has 2 aromatic carbocycles. The smallest absolute Gasteiger partial charge is 0.336 e. The van der Waals surface area contributed by atoms with Crippen LogP contribution in [0.3, 0.4) is 0 Å². The van der Waals surface area contributed by atoms with Crippen molar-refractivity contribution in [3.05, 3.63) is 78.1 Å². The second-order valence-corrected chi connectivity index (χ2v) is 6.19. The van der Waals surface area contributed by atoms with Crippen molar-refractivity contribution in [2.75, 3.05) is 0 Å². The highest BCUT2D eigenvalue weighted by Crippen LogP contribution is 2.34. The number of ether oxygens (including phenoxy) is 1. The number of fused-ring (bicyclic) bond motifs is 1. The Morgan fingerprint density at radius 2 is 1.96 bits per heavy atom. The van der Waals surface area contributed by atoms with Gasteiger partial charge in [0, 0.05) is 39.2 Å². The lowest BCUT2D eigenvalue weighted by Crippen LogP contribution is -2.02. The largest absolute Gasteiger partial charge is 0.482 e. The number of rotatable bonds is 4. The number of benzene rings is 2. The van der Waals surface area contributed by atoms with Gasteiger partial charge in [-0.25, -0.2) is 4.79 Å². The average Bonchev–Trinajstić information content (AvgIpc) is 2.53. The van der Waals surface area contributed by atoms with Gasteiger partial charge in [-0.1, -0.05) is 29.3 Å². The average molecular weight is 380 g/mol. The molecular weight excluding hydrogens is 369 g/mol. The standard InChI is InChI=1S/C17H11Cl2NO5/c1-9-4-17(21)25-15-7-16(14(20(22)23)6-12(9)15)24-8-10-2-3-11(18)5-13(10)19/h2-7H,8H2,1H3. The first-order valence-electron chi connectivity index (χ1n) is 7.15. The van der Waals surface area contributed by atoms with Crippen LogP contribution in [0.2, 0.25) is 10.0 Å². The van der Waals surface area contributed by atoms with Gasteiger partial charge in [0.1, 0.15) is 12.2 Å². The second-order valence-electron chi connectivity index (χ2n) is 5.35. The molecule has 0 spiro atoms. The molecule has 3 rings (SSSR count). The molecule has 0 aliphatic heterocycles. The first-order chi connectivity index (χ1) is 11.8. The molecule has 0 N–H and O–H groups in total. The monoisotopic (exact) mass is 379 g/mol. The maximum Gasteiger partial charge on any atom is 0.336 e. The second kappa shape index (κ2) is 6.74. The predicted octanol–water partition coefficient (Wildman–Crippen LogP) is 4.90. The highest BCUT2D eigenvalue weighted by molar-refractivity contribution is 6.35. The van der Waals surface area contributed by atoms with Crippen LogP contribution in [-0.4, -0.2) is 4.92 Å². The molecule has 1 heterocycles. The SMILES string of the molecule is Cc1cc(=O)oc2cc(OCc3ccc(Cl)cc3Cl)c([N+](=O)[O-])cc12. The molecule has 0 saturated heterocycles. The van der Waals surface area contributed by atoms with Gasteiger partial charge in [-0.05, 0) is 24.6 Å². The zero-order chi connectivity index (χ0) is 18.1. The van der Waals surface area contributed by atoms with E-state index in [1.165, 1.54) is 18.2 Å². The first kappa shape index (κ1) is 17.3. The zero-order valence-corrected chi connectivity index (χ0v) is 14.4. The predicted molar refractivity (Wildman–Crippen MR) is 94.7 cm³/mol. The van der Waals surface area contributed by atoms with Crippen LogP contribution in [0.4, 0.5) is 5.69 Å². The Bertz CT molecular complexity index is 1050. The number of halogens is 2. The van der Waals surface area contributed by atoms with Crippen LogP contribution in [-0.2, 0) is 6.61 Å². The molecule has 0 aliphatic carbocycles. The van der Waals surface area contributed by atoms with Gasteiger partial charge in [-0.3, -0.25) is 10.1 Å². The van der Waals surface area contributed by atoms with Gasteiger partial charge >= 0.3 is 11.3 Å². The Labute approximate surface area is 151 Å². The van der Waals surface area contributed by atoms with E-state index in [2.05, 4.69) is 0 Å². The molecular formula is C17H11Cl2NO5. The molecule has 0 atom stereocenters. The molecule has 8 heteroatoms. The fourth-order valence-electron chi connectivity index (χ4n) is 2.39. The molecule has 0 unspecified atom stereocenters. The van der Waals surface area contributed by atoms with Crippen molar-refractivity contribution in [3.63, 3.8) is 0 Å². The van der Waals surface area contributed by atoms with Crippen LogP contribution in [0, 0.1) is 17.0 Å². The first-order valence-corrected chi connectivity index (χ1v) is 7.90. The van der Waals surface area contributed by atoms with E-state index in [9.17, 15) is 14.9 Å². The van der Waals surface area contributed by atoms with E-state index in [-0.39, 0.29) is 23.6 Å². The molecule has 0 fully saturated rings. The third-order valence-corrected chi connectivity index (χ3v) is 4.21. The summed E-state index contributed by atoms with van der Waals surface area (Å²) in [6, 6.07) is 8.81. The third kappa shape index (κ3) is 3.60. The van der Waals surface area contributed by atoms with Gasteiger partial charge < -0.3 is 9.15 Å². The summed E-state index contributed by atoms with van der Waals surface area (Å²) < 4.78 is 10.7. The summed E-state index contributed by atoms with van der Waals surface area (Å²) in [6.07, 6.45) is 0. The minimum atomic E-state index is -0.553. The van der Waals surface area contributed by atoms with E-state index in [4.69, 9.17) is 32.4 Å². The molecule has 3 aromatic rings. The number of nitro benzene ring substituents is 1. The lowest BCUT2D eigenvalue weighted by atomic mass is 10.1. The van der Waals surface area contributed by atoms with E-state index in [1.807, 2.05) is 0 Å². The van der Waals surface area contributed by atoms with Gasteiger partial charge in [0.2, 0.25) is 5.75 Å². The van der Waals surface area contributed by atoms with Gasteiger partial charge in [0.15, 0.2) is 0 Å². The normalized spacial score (nSPS) is 10.8. The summed E-state index contributed by atoms with van der Waals surface area (Å²) in [4.78, 5) is 22.3. The van der Waals surface area contributed by atoms with Crippen molar-refractivity contribution in [2.24, 2.45) is 0 Å². The Morgan fingerprint density at radius 1 is 1.20 bits per heavy atom. The van der Waals surface area contributed by atoms with Crippen molar-refractivity contribution in [3.8, 4) is 5.75 Å². The maximum atomic E-state index is 11.5. The topological polar surface area (TPSA) is 82.6 Å². The van der Waals surface area contributed by atoms with Gasteiger partial charge in [0.25, 0.3) is 0 Å². The van der Waals surface area contributed by atoms with Crippen LogP contribution < -0.4 is 10.4 Å². The van der Waals surface area contributed by atoms with E-state index >= 15 is 0 Å². The van der Waals surface area contributed by atoms with Gasteiger partial charge in [-0.15, -0.1) is 0 Å². The van der Waals surface area contributed by atoms with Crippen molar-refractivity contribution in [1.82, 2.24) is 0 Å². The van der Waals surface area contributed by atoms with E-state index < -0.39 is 10.5 Å². The minimum absolute atomic E-state index is 0.00159. The van der Waals surface area contributed by atoms with Gasteiger partial charge in [-0.2, -0.15) is 0 Å². The molecule has 0 radical (unpaired) electrons. The maximum absolute atomic E-state index is 11.5. The lowest BCUT2D eigenvalue weighted by Gasteiger charge is -2.10. The zero-order valence-electron chi connectivity index (χ0n) is 12.9. The minimum Gasteiger partial charge on any atom is -0.482 e. The summed E-state index contributed by atoms with van der Waals surface area (Å²) >= 11 is 11.9. The van der Waals surface area contributed by atoms with Crippen LogP contribution in [0.5, 0.6) is 5.75 Å². The summed E-state index contributed by atoms with van der Waals surface area (Å²) in [5.41, 5.74) is 0.653. The van der Waals surface area contributed by atoms with Gasteiger partial charge in [0.05, 0.1) is 4.92 Å². The van der Waals surface area contributed by atoms with Crippen LogP contribution in [0.25, 0.3) is 11.0 Å². The number of hydrogen-bond acceptors (Lipinski definition) is 5. The van der Waals surface area contributed by atoms with E-state index in [1.54, 1.807) is 25.1 Å². The molecule has 6 nitrogen and oxygen atoms in total. The van der Waals surface area contributed by atoms with E-state index in [0.717, 1.165) is 0 Å². The van der Waals surface area contributed by atoms with Crippen LogP contribution in [0.1, 0.15) is 11.1 Å². The molecule has 0 aliphatic rings. The summed E-state index contributed by atoms with van der Waals surface area (Å²) in [5, 5.41) is 12.7. The molecule has 0 bridgehead atoms. The lowest BCUT2D eigenvalue weighted by molar-refractivity contribution is -0.385. The molecule has 0 saturated carbocycles. The summed E-state index contributed by atoms with van der Waals surface area (Å²) in [6.45, 7) is 1.68. The number of nitro groups is 1. The fraction of sp³-hybridized carbons (Fsp3) is 0.118. The Morgan fingerprint density at radius 3 is 2.64 bits per heavy atom. The molecule has 25 heavy (non-hydrogen) atoms. The molecule has 1 aromatic heterocycles. The van der Waals surface area contributed by atoms with Crippen molar-refractivity contribution < 1.29 is 14.1 Å². The third-order valence-electron chi connectivity index (χ3n) is 3.63. The Hall–Kier alpha value is -2.57. The molecule has 128 valence electrons. The Kier molecular flexibility index (Phi) is 4.65. The quantitative estimate of drug-likeness (QED) is 0.365. The van der Waals surface area contributed by atoms with E-state index in [0.29, 0.717) is 26.6 Å². The Balaban J connectivity index is 2.03. The van der Waals surface area contributed by atoms with Crippen molar-refractivity contribution in [2.45, 2.75) is 13.5 Å².